The highest BCUT2D eigenvalue weighted by atomic mass is 16.5. The van der Waals surface area contributed by atoms with E-state index in [2.05, 4.69) is 5.32 Å². The van der Waals surface area contributed by atoms with E-state index in [9.17, 15) is 24.8 Å². The number of likely N-dealkylation sites (tertiary alicyclic amines) is 1. The Morgan fingerprint density at radius 2 is 2.07 bits per heavy atom. The van der Waals surface area contributed by atoms with Crippen LogP contribution in [0.4, 0.5) is 0 Å². The number of rotatable bonds is 4. The molecule has 9 nitrogen and oxygen atoms in total. The van der Waals surface area contributed by atoms with Gasteiger partial charge >= 0.3 is 13.1 Å². The highest BCUT2D eigenvalue weighted by Crippen LogP contribution is 2.60. The van der Waals surface area contributed by atoms with Crippen LogP contribution in [0.1, 0.15) is 34.7 Å². The number of aliphatic hydroxyl groups is 1. The molecule has 1 aliphatic carbocycles. The van der Waals surface area contributed by atoms with E-state index in [1.165, 1.54) is 0 Å². The number of amides is 1. The monoisotopic (exact) mass is 388 g/mol. The molecule has 28 heavy (non-hydrogen) atoms. The van der Waals surface area contributed by atoms with Gasteiger partial charge < -0.3 is 34.8 Å². The molecule has 4 aliphatic rings. The molecule has 5 rings (SSSR count). The summed E-state index contributed by atoms with van der Waals surface area (Å²) < 4.78 is 11.3. The van der Waals surface area contributed by atoms with E-state index in [1.807, 2.05) is 0 Å². The largest absolute Gasteiger partial charge is 0.535 e. The molecule has 10 heteroatoms. The molecule has 3 aliphatic heterocycles. The number of carboxylic acids is 1. The van der Waals surface area contributed by atoms with Crippen LogP contribution in [0.15, 0.2) is 12.1 Å². The number of carbonyl (C=O) groups is 2. The second-order valence-corrected chi connectivity index (χ2v) is 8.01. The third kappa shape index (κ3) is 2.83. The van der Waals surface area contributed by atoms with Crippen LogP contribution in [0.3, 0.4) is 0 Å². The highest BCUT2D eigenvalue weighted by Gasteiger charge is 2.54. The van der Waals surface area contributed by atoms with Crippen LogP contribution in [0.5, 0.6) is 11.5 Å². The molecule has 3 heterocycles. The first kappa shape index (κ1) is 17.8. The third-order valence-electron chi connectivity index (χ3n) is 6.07. The van der Waals surface area contributed by atoms with Crippen LogP contribution in [-0.2, 0) is 4.79 Å². The van der Waals surface area contributed by atoms with Crippen molar-refractivity contribution in [3.8, 4) is 11.5 Å². The summed E-state index contributed by atoms with van der Waals surface area (Å²) in [6, 6.07) is 3.06. The average Bonchev–Trinajstić information content (AvgIpc) is 3.31. The summed E-state index contributed by atoms with van der Waals surface area (Å²) >= 11 is 0. The summed E-state index contributed by atoms with van der Waals surface area (Å²) in [5.41, 5.74) is 0.726. The van der Waals surface area contributed by atoms with Crippen molar-refractivity contribution in [2.45, 2.75) is 42.8 Å². The fourth-order valence-electron chi connectivity index (χ4n) is 4.39. The Kier molecular flexibility index (Phi) is 4.04. The van der Waals surface area contributed by atoms with Crippen molar-refractivity contribution >= 4 is 19.0 Å². The van der Waals surface area contributed by atoms with E-state index < -0.39 is 19.2 Å². The zero-order valence-corrected chi connectivity index (χ0v) is 15.1. The number of hydrogen-bond acceptors (Lipinski definition) is 7. The minimum atomic E-state index is -1.17. The van der Waals surface area contributed by atoms with E-state index in [0.29, 0.717) is 26.1 Å². The maximum Gasteiger partial charge on any atom is 0.526 e. The van der Waals surface area contributed by atoms with Gasteiger partial charge in [0.25, 0.3) is 0 Å². The van der Waals surface area contributed by atoms with Crippen molar-refractivity contribution in [1.29, 1.82) is 0 Å². The van der Waals surface area contributed by atoms with Gasteiger partial charge in [-0.05, 0) is 30.4 Å². The van der Waals surface area contributed by atoms with Gasteiger partial charge in [-0.25, -0.2) is 4.79 Å². The summed E-state index contributed by atoms with van der Waals surface area (Å²) in [6.07, 6.45) is 0.374. The SMILES string of the molecule is O=C(O)c1c(OC2CN(C(=O)[C@@H]3C[C@@H](O)CN3)C2)ccc2c1OB(O)C1C[C@@H]21. The van der Waals surface area contributed by atoms with E-state index in [-0.39, 0.29) is 46.9 Å². The molecule has 0 bridgehead atoms. The molecule has 1 aromatic rings. The Bertz CT molecular complexity index is 843. The lowest BCUT2D eigenvalue weighted by Crippen LogP contribution is -2.59. The van der Waals surface area contributed by atoms with Crippen molar-refractivity contribution < 1.29 is 34.2 Å². The molecule has 0 spiro atoms. The fourth-order valence-corrected chi connectivity index (χ4v) is 4.39. The number of aromatic carboxylic acids is 1. The van der Waals surface area contributed by atoms with Gasteiger partial charge in [0.1, 0.15) is 23.2 Å². The number of carbonyl (C=O) groups excluding carboxylic acids is 1. The van der Waals surface area contributed by atoms with Crippen LogP contribution in [0.25, 0.3) is 0 Å². The molecule has 0 aromatic heterocycles. The molecule has 3 fully saturated rings. The van der Waals surface area contributed by atoms with Crippen LogP contribution in [0.2, 0.25) is 5.82 Å². The van der Waals surface area contributed by atoms with Crippen molar-refractivity contribution in [2.24, 2.45) is 0 Å². The first-order chi connectivity index (χ1) is 13.4. The molecular weight excluding hydrogens is 367 g/mol. The fraction of sp³-hybridized carbons (Fsp3) is 0.556. The van der Waals surface area contributed by atoms with Crippen LogP contribution in [-0.4, -0.2) is 77.0 Å². The van der Waals surface area contributed by atoms with Gasteiger partial charge in [-0.2, -0.15) is 0 Å². The summed E-state index contributed by atoms with van der Waals surface area (Å²) in [4.78, 5) is 25.9. The third-order valence-corrected chi connectivity index (χ3v) is 6.07. The van der Waals surface area contributed by atoms with Crippen LogP contribution >= 0.6 is 0 Å². The molecule has 2 saturated heterocycles. The minimum Gasteiger partial charge on any atom is -0.535 e. The van der Waals surface area contributed by atoms with Gasteiger partial charge in [-0.1, -0.05) is 6.07 Å². The summed E-state index contributed by atoms with van der Waals surface area (Å²) in [5.74, 6) is -0.704. The van der Waals surface area contributed by atoms with Crippen molar-refractivity contribution in [2.75, 3.05) is 19.6 Å². The molecule has 1 amide bonds. The van der Waals surface area contributed by atoms with E-state index in [1.54, 1.807) is 17.0 Å². The summed E-state index contributed by atoms with van der Waals surface area (Å²) in [7, 11) is -0.989. The zero-order chi connectivity index (χ0) is 19.6. The second kappa shape index (κ2) is 6.36. The van der Waals surface area contributed by atoms with Gasteiger partial charge in [0.2, 0.25) is 5.91 Å². The number of benzene rings is 1. The summed E-state index contributed by atoms with van der Waals surface area (Å²) in [6.45, 7) is 1.13. The van der Waals surface area contributed by atoms with Crippen molar-refractivity contribution in [1.82, 2.24) is 10.2 Å². The smallest absolute Gasteiger partial charge is 0.526 e. The topological polar surface area (TPSA) is 129 Å². The van der Waals surface area contributed by atoms with E-state index in [0.717, 1.165) is 12.0 Å². The molecule has 0 radical (unpaired) electrons. The van der Waals surface area contributed by atoms with Gasteiger partial charge in [0.15, 0.2) is 0 Å². The quantitative estimate of drug-likeness (QED) is 0.505. The molecule has 1 unspecified atom stereocenters. The molecule has 148 valence electrons. The van der Waals surface area contributed by atoms with Gasteiger partial charge in [0.05, 0.1) is 25.2 Å². The standard InChI is InChI=1S/C18H21BN2O7/c22-8-3-13(20-5-8)17(23)21-6-9(7-21)27-14-2-1-10-11-4-12(11)19(26)28-16(10)15(14)18(24)25/h1-2,8-9,11-13,20,22,26H,3-7H2,(H,24,25)/t8-,11+,12?,13+/m1/s1. The normalized spacial score (nSPS) is 30.8. The molecular formula is C18H21BN2O7. The Labute approximate surface area is 161 Å². The predicted octanol–water partition coefficient (Wildman–Crippen LogP) is -0.572. The molecule has 4 atom stereocenters. The Morgan fingerprint density at radius 1 is 1.29 bits per heavy atom. The lowest BCUT2D eigenvalue weighted by atomic mass is 9.77. The minimum absolute atomic E-state index is 0.0369. The number of nitrogens with zero attached hydrogens (tertiary/aromatic N) is 1. The first-order valence-corrected chi connectivity index (χ1v) is 9.54. The lowest BCUT2D eigenvalue weighted by molar-refractivity contribution is -0.142. The Balaban J connectivity index is 1.28. The predicted molar refractivity (Wildman–Crippen MR) is 96.5 cm³/mol. The highest BCUT2D eigenvalue weighted by molar-refractivity contribution is 6.48. The molecule has 4 N–H and O–H groups in total. The van der Waals surface area contributed by atoms with Crippen LogP contribution < -0.4 is 14.7 Å². The number of fused-ring (bicyclic) bond motifs is 3. The number of hydrogen-bond donors (Lipinski definition) is 4. The zero-order valence-electron chi connectivity index (χ0n) is 15.1. The number of aliphatic hydroxyl groups excluding tert-OH is 1. The van der Waals surface area contributed by atoms with Gasteiger partial charge in [0, 0.05) is 12.4 Å². The van der Waals surface area contributed by atoms with Crippen molar-refractivity contribution in [3.05, 3.63) is 23.3 Å². The Hall–Kier alpha value is -2.30. The average molecular weight is 388 g/mol. The number of β-amino-alcohol motifs (C(OH)–C–C–N with tert-alkyl or cyclic N) is 1. The first-order valence-electron chi connectivity index (χ1n) is 9.54. The molecule has 1 aromatic carbocycles. The molecule has 1 saturated carbocycles. The maximum atomic E-state index is 12.4. The van der Waals surface area contributed by atoms with E-state index in [4.69, 9.17) is 9.39 Å². The number of carboxylic acid groups (broad SMARTS) is 1. The van der Waals surface area contributed by atoms with Crippen molar-refractivity contribution in [3.63, 3.8) is 0 Å². The Morgan fingerprint density at radius 3 is 2.75 bits per heavy atom. The van der Waals surface area contributed by atoms with Gasteiger partial charge in [-0.15, -0.1) is 0 Å². The van der Waals surface area contributed by atoms with Gasteiger partial charge in [-0.3, -0.25) is 4.79 Å². The lowest BCUT2D eigenvalue weighted by Gasteiger charge is -2.40. The number of ether oxygens (including phenoxy) is 1. The number of nitrogens with one attached hydrogen (secondary N) is 1. The van der Waals surface area contributed by atoms with E-state index >= 15 is 0 Å². The maximum absolute atomic E-state index is 12.4. The summed E-state index contributed by atoms with van der Waals surface area (Å²) in [5, 5.41) is 32.2. The van der Waals surface area contributed by atoms with Crippen LogP contribution in [0, 0.1) is 0 Å². The second-order valence-electron chi connectivity index (χ2n) is 8.01.